The molecule has 0 bridgehead atoms. The van der Waals surface area contributed by atoms with Gasteiger partial charge in [-0.25, -0.2) is 9.78 Å². The zero-order valence-electron chi connectivity index (χ0n) is 21.2. The molecule has 3 heterocycles. The van der Waals surface area contributed by atoms with Crippen molar-refractivity contribution in [3.05, 3.63) is 59.3 Å². The minimum absolute atomic E-state index is 0.337. The quantitative estimate of drug-likeness (QED) is 0.321. The van der Waals surface area contributed by atoms with E-state index in [2.05, 4.69) is 22.1 Å². The molecule has 9 heteroatoms. The van der Waals surface area contributed by atoms with Crippen molar-refractivity contribution in [2.45, 2.75) is 45.8 Å². The van der Waals surface area contributed by atoms with Gasteiger partial charge < -0.3 is 9.47 Å². The number of hydrogen-bond acceptors (Lipinski definition) is 8. The highest BCUT2D eigenvalue weighted by Crippen LogP contribution is 2.31. The molecule has 5 rings (SSSR count). The molecule has 1 unspecified atom stereocenters. The number of fused-ring (bicyclic) bond motifs is 3. The summed E-state index contributed by atoms with van der Waals surface area (Å²) in [6.07, 6.45) is 1.20. The Morgan fingerprint density at radius 3 is 2.76 bits per heavy atom. The molecule has 1 atom stereocenters. The lowest BCUT2D eigenvalue weighted by Crippen LogP contribution is -2.35. The molecule has 0 aliphatic carbocycles. The first kappa shape index (κ1) is 25.1. The minimum Gasteiger partial charge on any atom is -0.497 e. The SMILES string of the molecule is CCCN1CCc2nc3ccccc3c(C(=O)OC(CC)C(=O)Nc3nc4ccc(OC)cc4s3)c2C1. The Bertz CT molecular complexity index is 1470. The minimum atomic E-state index is -0.952. The van der Waals surface area contributed by atoms with Gasteiger partial charge in [-0.15, -0.1) is 0 Å². The molecule has 0 fully saturated rings. The van der Waals surface area contributed by atoms with Crippen LogP contribution in [0.15, 0.2) is 42.5 Å². The van der Waals surface area contributed by atoms with E-state index < -0.39 is 18.0 Å². The number of esters is 1. The number of carbonyl (C=O) groups is 2. The van der Waals surface area contributed by atoms with Gasteiger partial charge in [0.05, 0.1) is 28.4 Å². The lowest BCUT2D eigenvalue weighted by molar-refractivity contribution is -0.124. The van der Waals surface area contributed by atoms with Gasteiger partial charge in [0.1, 0.15) is 5.75 Å². The molecule has 8 nitrogen and oxygen atoms in total. The topological polar surface area (TPSA) is 93.7 Å². The van der Waals surface area contributed by atoms with Gasteiger partial charge in [-0.1, -0.05) is 43.4 Å². The van der Waals surface area contributed by atoms with Crippen LogP contribution in [0.1, 0.15) is 48.3 Å². The number of nitrogens with one attached hydrogen (secondary N) is 1. The van der Waals surface area contributed by atoms with Gasteiger partial charge in [0, 0.05) is 36.2 Å². The van der Waals surface area contributed by atoms with Gasteiger partial charge in [0.15, 0.2) is 11.2 Å². The van der Waals surface area contributed by atoms with E-state index in [4.69, 9.17) is 14.5 Å². The van der Waals surface area contributed by atoms with Crippen LogP contribution in [-0.2, 0) is 22.5 Å². The van der Waals surface area contributed by atoms with Crippen LogP contribution in [-0.4, -0.2) is 53.0 Å². The fourth-order valence-electron chi connectivity index (χ4n) is 4.77. The second-order valence-electron chi connectivity index (χ2n) is 9.10. The number of thiazole rings is 1. The first-order valence-corrected chi connectivity index (χ1v) is 13.4. The number of pyridine rings is 1. The molecular weight excluding hydrogens is 488 g/mol. The number of nitrogens with zero attached hydrogens (tertiary/aromatic N) is 3. The summed E-state index contributed by atoms with van der Waals surface area (Å²) in [6, 6.07) is 13.2. The maximum atomic E-state index is 13.7. The molecule has 0 spiro atoms. The normalized spacial score (nSPS) is 14.4. The van der Waals surface area contributed by atoms with E-state index in [1.807, 2.05) is 49.4 Å². The van der Waals surface area contributed by atoms with E-state index in [-0.39, 0.29) is 0 Å². The van der Waals surface area contributed by atoms with Crippen molar-refractivity contribution in [1.29, 1.82) is 0 Å². The summed E-state index contributed by atoms with van der Waals surface area (Å²) in [5, 5.41) is 4.03. The van der Waals surface area contributed by atoms with Gasteiger partial charge in [0.2, 0.25) is 0 Å². The molecule has 2 aromatic heterocycles. The molecule has 0 saturated heterocycles. The maximum absolute atomic E-state index is 13.7. The Morgan fingerprint density at radius 1 is 1.14 bits per heavy atom. The zero-order valence-corrected chi connectivity index (χ0v) is 22.1. The van der Waals surface area contributed by atoms with Crippen molar-refractivity contribution in [3.8, 4) is 5.75 Å². The molecule has 1 amide bonds. The van der Waals surface area contributed by atoms with Crippen molar-refractivity contribution >= 4 is 49.5 Å². The van der Waals surface area contributed by atoms with E-state index in [0.29, 0.717) is 23.7 Å². The van der Waals surface area contributed by atoms with E-state index >= 15 is 0 Å². The number of benzene rings is 2. The molecule has 1 N–H and O–H groups in total. The summed E-state index contributed by atoms with van der Waals surface area (Å²) in [5.41, 5.74) is 3.87. The first-order chi connectivity index (χ1) is 18.0. The monoisotopic (exact) mass is 518 g/mol. The average molecular weight is 519 g/mol. The lowest BCUT2D eigenvalue weighted by atomic mass is 9.95. The standard InChI is InChI=1S/C28H30N4O4S/c1-4-13-32-14-12-21-19(16-32)25(18-8-6-7-9-20(18)29-21)27(34)36-23(5-2)26(33)31-28-30-22-11-10-17(35-3)15-24(22)37-28/h6-11,15,23H,4-5,12-14,16H2,1-3H3,(H,30,31,33). The van der Waals surface area contributed by atoms with Gasteiger partial charge in [-0.3, -0.25) is 20.0 Å². The van der Waals surface area contributed by atoms with Gasteiger partial charge in [0.25, 0.3) is 5.91 Å². The first-order valence-electron chi connectivity index (χ1n) is 12.6. The van der Waals surface area contributed by atoms with E-state index in [1.54, 1.807) is 7.11 Å². The number of aromatic nitrogens is 2. The lowest BCUT2D eigenvalue weighted by Gasteiger charge is -2.29. The number of carbonyl (C=O) groups excluding carboxylic acids is 2. The highest BCUT2D eigenvalue weighted by molar-refractivity contribution is 7.22. The van der Waals surface area contributed by atoms with Crippen LogP contribution in [0.5, 0.6) is 5.75 Å². The van der Waals surface area contributed by atoms with Crippen molar-refractivity contribution in [2.75, 3.05) is 25.5 Å². The van der Waals surface area contributed by atoms with E-state index in [9.17, 15) is 9.59 Å². The molecule has 192 valence electrons. The number of anilines is 1. The van der Waals surface area contributed by atoms with Crippen molar-refractivity contribution < 1.29 is 19.1 Å². The summed E-state index contributed by atoms with van der Waals surface area (Å²) in [7, 11) is 1.61. The number of para-hydroxylation sites is 1. The Labute approximate surface area is 219 Å². The Kier molecular flexibility index (Phi) is 7.34. The van der Waals surface area contributed by atoms with Crippen LogP contribution in [0.25, 0.3) is 21.1 Å². The summed E-state index contributed by atoms with van der Waals surface area (Å²) in [6.45, 7) is 6.48. The largest absolute Gasteiger partial charge is 0.497 e. The van der Waals surface area contributed by atoms with Crippen LogP contribution < -0.4 is 10.1 Å². The number of ether oxygens (including phenoxy) is 2. The van der Waals surface area contributed by atoms with Crippen molar-refractivity contribution in [1.82, 2.24) is 14.9 Å². The Morgan fingerprint density at radius 2 is 1.97 bits per heavy atom. The molecule has 0 saturated carbocycles. The van der Waals surface area contributed by atoms with E-state index in [1.165, 1.54) is 11.3 Å². The number of methoxy groups -OCH3 is 1. The van der Waals surface area contributed by atoms with Crippen molar-refractivity contribution in [2.24, 2.45) is 0 Å². The highest BCUT2D eigenvalue weighted by Gasteiger charge is 2.29. The summed E-state index contributed by atoms with van der Waals surface area (Å²) in [4.78, 5) is 38.5. The molecule has 4 aromatic rings. The van der Waals surface area contributed by atoms with Gasteiger partial charge in [-0.05, 0) is 43.7 Å². The molecule has 2 aromatic carbocycles. The molecular formula is C28H30N4O4S. The second-order valence-corrected chi connectivity index (χ2v) is 10.1. The summed E-state index contributed by atoms with van der Waals surface area (Å²) < 4.78 is 12.0. The molecule has 1 aliphatic rings. The van der Waals surface area contributed by atoms with Crippen LogP contribution in [0, 0.1) is 0 Å². The number of amides is 1. The zero-order chi connectivity index (χ0) is 25.9. The third kappa shape index (κ3) is 5.14. The smallest absolute Gasteiger partial charge is 0.340 e. The molecule has 37 heavy (non-hydrogen) atoms. The van der Waals surface area contributed by atoms with Crippen LogP contribution in [0.4, 0.5) is 5.13 Å². The fourth-order valence-corrected chi connectivity index (χ4v) is 5.67. The fraction of sp³-hybridized carbons (Fsp3) is 0.357. The average Bonchev–Trinajstić information content (AvgIpc) is 3.31. The highest BCUT2D eigenvalue weighted by atomic mass is 32.1. The number of hydrogen-bond donors (Lipinski definition) is 1. The Hall–Kier alpha value is -3.56. The summed E-state index contributed by atoms with van der Waals surface area (Å²) in [5.74, 6) is -0.175. The van der Waals surface area contributed by atoms with Crippen LogP contribution >= 0.6 is 11.3 Å². The third-order valence-electron chi connectivity index (χ3n) is 6.61. The second kappa shape index (κ2) is 10.8. The predicted octanol–water partition coefficient (Wildman–Crippen LogP) is 5.20. The summed E-state index contributed by atoms with van der Waals surface area (Å²) >= 11 is 1.35. The van der Waals surface area contributed by atoms with Gasteiger partial charge in [-0.2, -0.15) is 0 Å². The maximum Gasteiger partial charge on any atom is 0.340 e. The van der Waals surface area contributed by atoms with Crippen LogP contribution in [0.2, 0.25) is 0 Å². The van der Waals surface area contributed by atoms with Crippen LogP contribution in [0.3, 0.4) is 0 Å². The Balaban J connectivity index is 1.40. The molecule has 0 radical (unpaired) electrons. The third-order valence-corrected chi connectivity index (χ3v) is 7.54. The van der Waals surface area contributed by atoms with Gasteiger partial charge >= 0.3 is 5.97 Å². The number of rotatable bonds is 8. The van der Waals surface area contributed by atoms with Crippen molar-refractivity contribution in [3.63, 3.8) is 0 Å². The van der Waals surface area contributed by atoms with E-state index in [0.717, 1.165) is 64.1 Å². The predicted molar refractivity (Wildman–Crippen MR) is 145 cm³/mol. The molecule has 1 aliphatic heterocycles.